The molecule has 0 aliphatic rings. The van der Waals surface area contributed by atoms with Gasteiger partial charge in [-0.25, -0.2) is 0 Å². The Kier molecular flexibility index (Phi) is 82.4. The molecule has 0 bridgehead atoms. The lowest BCUT2D eigenvalue weighted by Crippen LogP contribution is -2.34. The van der Waals surface area contributed by atoms with E-state index >= 15 is 0 Å². The van der Waals surface area contributed by atoms with Crippen molar-refractivity contribution >= 4 is 49.6 Å². The molecule has 0 spiro atoms. The van der Waals surface area contributed by atoms with Gasteiger partial charge in [-0.15, -0.1) is 49.6 Å². The Bertz CT molecular complexity index is 769. The van der Waals surface area contributed by atoms with Crippen molar-refractivity contribution in [3.63, 3.8) is 0 Å². The molecule has 0 radical (unpaired) electrons. The molecule has 0 heterocycles. The van der Waals surface area contributed by atoms with Crippen LogP contribution in [0.15, 0.2) is 0 Å². The van der Waals surface area contributed by atoms with Gasteiger partial charge in [0.1, 0.15) is 0 Å². The van der Waals surface area contributed by atoms with Gasteiger partial charge in [-0.2, -0.15) is 0 Å². The van der Waals surface area contributed by atoms with Gasteiger partial charge in [0.25, 0.3) is 0 Å². The summed E-state index contributed by atoms with van der Waals surface area (Å²) in [5, 5.41) is 14.4. The average molecular weight is 1060 g/mol. The minimum atomic E-state index is 0. The van der Waals surface area contributed by atoms with E-state index in [0.717, 1.165) is 91.6 Å². The fourth-order valence-corrected chi connectivity index (χ4v) is 8.69. The lowest BCUT2D eigenvalue weighted by Gasteiger charge is -2.18. The maximum Gasteiger partial charge on any atom is 0.0932 e. The fourth-order valence-electron chi connectivity index (χ4n) is 8.69. The van der Waals surface area contributed by atoms with Gasteiger partial charge in [0.2, 0.25) is 0 Å². The molecule has 0 fully saturated rings. The predicted molar refractivity (Wildman–Crippen MR) is 310 cm³/mol. The Balaban J connectivity index is -0.00000331. The quantitative estimate of drug-likeness (QED) is 0.0449. The molecule has 8 nitrogen and oxygen atoms in total. The highest BCUT2D eigenvalue weighted by Gasteiger charge is 2.09. The lowest BCUT2D eigenvalue weighted by atomic mass is 10.0. The Morgan fingerprint density at radius 1 is 0.265 bits per heavy atom. The molecule has 0 saturated carbocycles. The number of ether oxygens (including phenoxy) is 4. The number of nitrogens with one attached hydrogen (secondary N) is 4. The lowest BCUT2D eigenvalue weighted by molar-refractivity contribution is -0.0113. The van der Waals surface area contributed by atoms with Crippen LogP contribution in [0.1, 0.15) is 259 Å². The second-order valence-electron chi connectivity index (χ2n) is 19.2. The smallest absolute Gasteiger partial charge is 0.0932 e. The summed E-state index contributed by atoms with van der Waals surface area (Å²) >= 11 is 0. The maximum absolute atomic E-state index is 6.01. The van der Waals surface area contributed by atoms with E-state index in [-0.39, 0.29) is 61.8 Å². The summed E-state index contributed by atoms with van der Waals surface area (Å²) in [6.07, 6.45) is 49.9. The van der Waals surface area contributed by atoms with Crippen molar-refractivity contribution in [1.29, 1.82) is 0 Å². The van der Waals surface area contributed by atoms with Gasteiger partial charge in [0.15, 0.2) is 0 Å². The van der Waals surface area contributed by atoms with Crippen LogP contribution in [0.25, 0.3) is 0 Å². The van der Waals surface area contributed by atoms with Gasteiger partial charge in [-0.1, -0.05) is 206 Å². The fraction of sp³-hybridized carbons (Fsp3) is 1.00. The summed E-state index contributed by atoms with van der Waals surface area (Å²) in [6, 6.07) is 0. The first-order chi connectivity index (χ1) is 31.8. The summed E-state index contributed by atoms with van der Waals surface area (Å²) in [5.74, 6) is 0. The molecule has 0 aliphatic heterocycles. The molecule has 0 aromatic carbocycles. The molecule has 0 amide bonds. The molecule has 0 rings (SSSR count). The van der Waals surface area contributed by atoms with Gasteiger partial charge >= 0.3 is 0 Å². The number of unbranched alkanes of at least 4 members (excludes halogenated alkanes) is 31. The first-order valence-corrected chi connectivity index (χ1v) is 29.0. The van der Waals surface area contributed by atoms with Crippen molar-refractivity contribution in [3.05, 3.63) is 0 Å². The molecule has 418 valence electrons. The first kappa shape index (κ1) is 77.7. The van der Waals surface area contributed by atoms with Crippen molar-refractivity contribution in [2.24, 2.45) is 0 Å². The zero-order chi connectivity index (χ0) is 46.2. The number of hydrogen-bond acceptors (Lipinski definition) is 8. The van der Waals surface area contributed by atoms with Crippen LogP contribution >= 0.6 is 49.6 Å². The molecular formula is C56H122Cl4N4O4. The van der Waals surface area contributed by atoms with Crippen molar-refractivity contribution in [1.82, 2.24) is 21.3 Å². The molecule has 0 saturated heterocycles. The highest BCUT2D eigenvalue weighted by atomic mass is 35.5. The highest BCUT2D eigenvalue weighted by Crippen LogP contribution is 2.15. The van der Waals surface area contributed by atoms with E-state index in [1.165, 1.54) is 218 Å². The minimum Gasteiger partial charge on any atom is -0.379 e. The molecule has 0 aliphatic carbocycles. The Hall–Kier alpha value is 0.840. The van der Waals surface area contributed by atoms with Crippen LogP contribution in [0.4, 0.5) is 0 Å². The summed E-state index contributed by atoms with van der Waals surface area (Å²) in [6.45, 7) is 21.5. The molecule has 2 unspecified atom stereocenters. The molecule has 0 aromatic heterocycles. The highest BCUT2D eigenvalue weighted by molar-refractivity contribution is 5.86. The molecule has 68 heavy (non-hydrogen) atoms. The number of halogens is 4. The Morgan fingerprint density at radius 2 is 0.500 bits per heavy atom. The van der Waals surface area contributed by atoms with Crippen molar-refractivity contribution in [3.8, 4) is 0 Å². The van der Waals surface area contributed by atoms with Crippen molar-refractivity contribution < 1.29 is 18.9 Å². The van der Waals surface area contributed by atoms with Crippen LogP contribution < -0.4 is 21.3 Å². The third kappa shape index (κ3) is 66.8. The summed E-state index contributed by atoms with van der Waals surface area (Å²) in [4.78, 5) is 0. The monoisotopic (exact) mass is 1050 g/mol. The number of rotatable bonds is 59. The van der Waals surface area contributed by atoms with E-state index in [1.807, 2.05) is 0 Å². The van der Waals surface area contributed by atoms with E-state index in [2.05, 4.69) is 49.0 Å². The summed E-state index contributed by atoms with van der Waals surface area (Å²) in [5.41, 5.74) is 0. The van der Waals surface area contributed by atoms with Crippen LogP contribution in [0.2, 0.25) is 0 Å². The maximum atomic E-state index is 6.01. The number of hydrogen-bond donors (Lipinski definition) is 4. The van der Waals surface area contributed by atoms with E-state index in [9.17, 15) is 0 Å². The van der Waals surface area contributed by atoms with Crippen molar-refractivity contribution in [2.75, 3.05) is 92.0 Å². The predicted octanol–water partition coefficient (Wildman–Crippen LogP) is 16.0. The minimum absolute atomic E-state index is 0. The van der Waals surface area contributed by atoms with Crippen LogP contribution in [0.5, 0.6) is 0 Å². The molecule has 12 heteroatoms. The molecular weight excluding hydrogens is 934 g/mol. The van der Waals surface area contributed by atoms with Crippen LogP contribution in [-0.4, -0.2) is 104 Å². The van der Waals surface area contributed by atoms with Crippen LogP contribution in [0.3, 0.4) is 0 Å². The molecule has 4 N–H and O–H groups in total. The van der Waals surface area contributed by atoms with E-state index < -0.39 is 0 Å². The third-order valence-electron chi connectivity index (χ3n) is 12.8. The van der Waals surface area contributed by atoms with E-state index in [1.54, 1.807) is 0 Å². The summed E-state index contributed by atoms with van der Waals surface area (Å²) in [7, 11) is 0. The zero-order valence-electron chi connectivity index (χ0n) is 45.8. The van der Waals surface area contributed by atoms with Gasteiger partial charge in [-0.3, -0.25) is 0 Å². The second kappa shape index (κ2) is 72.1. The third-order valence-corrected chi connectivity index (χ3v) is 12.8. The first-order valence-electron chi connectivity index (χ1n) is 29.0. The zero-order valence-corrected chi connectivity index (χ0v) is 49.0. The second-order valence-corrected chi connectivity index (χ2v) is 19.2. The van der Waals surface area contributed by atoms with Gasteiger partial charge in [0.05, 0.1) is 25.4 Å². The molecule has 0 aromatic rings. The average Bonchev–Trinajstić information content (AvgIpc) is 3.30. The topological polar surface area (TPSA) is 85.0 Å². The van der Waals surface area contributed by atoms with Crippen LogP contribution in [0, 0.1) is 0 Å². The molecule has 2 atom stereocenters. The van der Waals surface area contributed by atoms with Crippen molar-refractivity contribution in [2.45, 2.75) is 271 Å². The van der Waals surface area contributed by atoms with Gasteiger partial charge in [0, 0.05) is 39.5 Å². The van der Waals surface area contributed by atoms with E-state index in [0.29, 0.717) is 13.2 Å². The Labute approximate surface area is 450 Å². The van der Waals surface area contributed by atoms with Crippen LogP contribution in [-0.2, 0) is 18.9 Å². The normalized spacial score (nSPS) is 12.0. The summed E-state index contributed by atoms with van der Waals surface area (Å²) < 4.78 is 23.9. The van der Waals surface area contributed by atoms with E-state index in [4.69, 9.17) is 18.9 Å². The largest absolute Gasteiger partial charge is 0.379 e. The SMILES string of the molecule is CCCCCCCCCCCCCCCCCCOCC(CNCCCNCCCCNCCCNCC(COCCCCCCCCCCCCCCCCCC)OCC)OCC.Cl.Cl.Cl.Cl. The Morgan fingerprint density at radius 3 is 0.765 bits per heavy atom. The van der Waals surface area contributed by atoms with Gasteiger partial charge in [-0.05, 0) is 91.6 Å². The standard InChI is InChI=1S/C56H118N4O4.4ClH/c1-5-9-11-13-15-17-19-21-23-25-27-29-31-33-35-39-49-61-53-55(63-7-3)51-59-47-41-45-57-43-37-38-44-58-46-42-48-60-52-56(64-8-4)54-62-50-40-36-34-32-30-28-26-24-22-20-18-16-14-12-10-6-2;;;;/h55-60H,5-54H2,1-4H3;4*1H. The van der Waals surface area contributed by atoms with Gasteiger partial charge < -0.3 is 40.2 Å².